The Bertz CT molecular complexity index is 381. The van der Waals surface area contributed by atoms with Crippen molar-refractivity contribution in [3.05, 3.63) is 54.6 Å². The number of imidazole rings is 1. The molecule has 1 aromatic heterocycles. The van der Waals surface area contributed by atoms with Crippen molar-refractivity contribution in [1.29, 1.82) is 0 Å². The molecule has 0 aliphatic carbocycles. The lowest BCUT2D eigenvalue weighted by molar-refractivity contribution is 0.598. The molecule has 0 aliphatic heterocycles. The average Bonchev–Trinajstić information content (AvgIpc) is 2.83. The fraction of sp³-hybridized carbons (Fsp3) is 0.308. The van der Waals surface area contributed by atoms with Crippen LogP contribution in [-0.2, 0) is 13.0 Å². The Morgan fingerprint density at radius 1 is 1.12 bits per heavy atom. The second-order valence-electron chi connectivity index (χ2n) is 3.79. The molecule has 0 saturated carbocycles. The van der Waals surface area contributed by atoms with Crippen molar-refractivity contribution < 1.29 is 0 Å². The van der Waals surface area contributed by atoms with E-state index >= 15 is 0 Å². The Labute approximate surface area is 96.1 Å². The molecule has 16 heavy (non-hydrogen) atoms. The highest BCUT2D eigenvalue weighted by atomic mass is 15.0. The highest BCUT2D eigenvalue weighted by molar-refractivity contribution is 5.14. The zero-order valence-corrected chi connectivity index (χ0v) is 9.34. The van der Waals surface area contributed by atoms with Crippen LogP contribution in [0.3, 0.4) is 0 Å². The largest absolute Gasteiger partial charge is 0.336 e. The predicted octanol–water partition coefficient (Wildman–Crippen LogP) is 1.72. The average molecular weight is 215 g/mol. The van der Waals surface area contributed by atoms with Crippen LogP contribution in [0.4, 0.5) is 0 Å². The smallest absolute Gasteiger partial charge is 0.0946 e. The van der Waals surface area contributed by atoms with Gasteiger partial charge < -0.3 is 9.88 Å². The standard InChI is InChI=1S/C13H17N3/c1-2-4-13(5-3-1)6-7-14-8-10-16-11-9-15-12-16/h1-5,9,11-12,14H,6-8,10H2. The van der Waals surface area contributed by atoms with E-state index in [9.17, 15) is 0 Å². The predicted molar refractivity (Wildman–Crippen MR) is 65.2 cm³/mol. The summed E-state index contributed by atoms with van der Waals surface area (Å²) < 4.78 is 2.08. The van der Waals surface area contributed by atoms with Crippen molar-refractivity contribution in [1.82, 2.24) is 14.9 Å². The molecule has 1 heterocycles. The number of rotatable bonds is 6. The number of nitrogens with one attached hydrogen (secondary N) is 1. The fourth-order valence-corrected chi connectivity index (χ4v) is 1.63. The number of nitrogens with zero attached hydrogens (tertiary/aromatic N) is 2. The Morgan fingerprint density at radius 2 is 2.00 bits per heavy atom. The SMILES string of the molecule is c1ccc(CCNCCn2ccnc2)cc1. The molecule has 0 bridgehead atoms. The molecule has 0 spiro atoms. The van der Waals surface area contributed by atoms with Gasteiger partial charge in [-0.1, -0.05) is 30.3 Å². The molecule has 3 nitrogen and oxygen atoms in total. The first kappa shape index (κ1) is 10.9. The summed E-state index contributed by atoms with van der Waals surface area (Å²) in [5, 5.41) is 3.42. The molecule has 0 atom stereocenters. The van der Waals surface area contributed by atoms with Gasteiger partial charge in [0.15, 0.2) is 0 Å². The van der Waals surface area contributed by atoms with Gasteiger partial charge in [-0.25, -0.2) is 4.98 Å². The van der Waals surface area contributed by atoms with Crippen molar-refractivity contribution in [2.45, 2.75) is 13.0 Å². The summed E-state index contributed by atoms with van der Waals surface area (Å²) in [6, 6.07) is 10.5. The summed E-state index contributed by atoms with van der Waals surface area (Å²) in [6.07, 6.45) is 6.73. The third-order valence-electron chi connectivity index (χ3n) is 2.54. The summed E-state index contributed by atoms with van der Waals surface area (Å²) >= 11 is 0. The van der Waals surface area contributed by atoms with Crippen LogP contribution in [0.5, 0.6) is 0 Å². The van der Waals surface area contributed by atoms with Gasteiger partial charge in [-0.3, -0.25) is 0 Å². The van der Waals surface area contributed by atoms with Gasteiger partial charge in [0, 0.05) is 25.5 Å². The molecule has 1 N–H and O–H groups in total. The highest BCUT2D eigenvalue weighted by Gasteiger charge is 1.92. The van der Waals surface area contributed by atoms with Crippen molar-refractivity contribution in [2.24, 2.45) is 0 Å². The quantitative estimate of drug-likeness (QED) is 0.743. The first-order valence-corrected chi connectivity index (χ1v) is 5.65. The van der Waals surface area contributed by atoms with E-state index in [-0.39, 0.29) is 0 Å². The summed E-state index contributed by atoms with van der Waals surface area (Å²) in [5.74, 6) is 0. The van der Waals surface area contributed by atoms with Crippen LogP contribution in [0, 0.1) is 0 Å². The number of benzene rings is 1. The lowest BCUT2D eigenvalue weighted by atomic mass is 10.1. The normalized spacial score (nSPS) is 10.5. The Hall–Kier alpha value is -1.61. The summed E-state index contributed by atoms with van der Waals surface area (Å²) in [4.78, 5) is 4.00. The van der Waals surface area contributed by atoms with Gasteiger partial charge in [0.05, 0.1) is 6.33 Å². The van der Waals surface area contributed by atoms with Gasteiger partial charge in [0.25, 0.3) is 0 Å². The third-order valence-corrected chi connectivity index (χ3v) is 2.54. The van der Waals surface area contributed by atoms with Crippen LogP contribution in [0.25, 0.3) is 0 Å². The first-order chi connectivity index (χ1) is 7.95. The van der Waals surface area contributed by atoms with Gasteiger partial charge in [0.2, 0.25) is 0 Å². The summed E-state index contributed by atoms with van der Waals surface area (Å²) in [5.41, 5.74) is 1.39. The van der Waals surface area contributed by atoms with Gasteiger partial charge in [0.1, 0.15) is 0 Å². The maximum Gasteiger partial charge on any atom is 0.0946 e. The molecule has 0 radical (unpaired) electrons. The first-order valence-electron chi connectivity index (χ1n) is 5.65. The van der Waals surface area contributed by atoms with Crippen molar-refractivity contribution in [2.75, 3.05) is 13.1 Å². The van der Waals surface area contributed by atoms with Crippen molar-refractivity contribution in [3.63, 3.8) is 0 Å². The molecule has 84 valence electrons. The summed E-state index contributed by atoms with van der Waals surface area (Å²) in [6.45, 7) is 3.00. The maximum absolute atomic E-state index is 4.00. The Balaban J connectivity index is 1.59. The van der Waals surface area contributed by atoms with E-state index in [4.69, 9.17) is 0 Å². The maximum atomic E-state index is 4.00. The lowest BCUT2D eigenvalue weighted by Gasteiger charge is -2.05. The van der Waals surface area contributed by atoms with Crippen molar-refractivity contribution in [3.8, 4) is 0 Å². The van der Waals surface area contributed by atoms with Crippen LogP contribution in [-0.4, -0.2) is 22.6 Å². The number of hydrogen-bond donors (Lipinski definition) is 1. The van der Waals surface area contributed by atoms with Crippen molar-refractivity contribution >= 4 is 0 Å². The second-order valence-corrected chi connectivity index (χ2v) is 3.79. The number of hydrogen-bond acceptors (Lipinski definition) is 2. The number of aromatic nitrogens is 2. The zero-order chi connectivity index (χ0) is 11.1. The molecule has 1 aromatic carbocycles. The highest BCUT2D eigenvalue weighted by Crippen LogP contribution is 1.97. The fourth-order valence-electron chi connectivity index (χ4n) is 1.63. The van der Waals surface area contributed by atoms with E-state index < -0.39 is 0 Å². The molecule has 3 heteroatoms. The van der Waals surface area contributed by atoms with Gasteiger partial charge in [-0.05, 0) is 18.5 Å². The summed E-state index contributed by atoms with van der Waals surface area (Å²) in [7, 11) is 0. The molecular formula is C13H17N3. The lowest BCUT2D eigenvalue weighted by Crippen LogP contribution is -2.21. The topological polar surface area (TPSA) is 29.9 Å². The van der Waals surface area contributed by atoms with Crippen LogP contribution in [0.15, 0.2) is 49.1 Å². The molecule has 0 saturated heterocycles. The third kappa shape index (κ3) is 3.51. The van der Waals surface area contributed by atoms with E-state index in [1.807, 2.05) is 18.7 Å². The Kier molecular flexibility index (Phi) is 4.14. The van der Waals surface area contributed by atoms with E-state index in [2.05, 4.69) is 45.2 Å². The van der Waals surface area contributed by atoms with E-state index in [0.29, 0.717) is 0 Å². The zero-order valence-electron chi connectivity index (χ0n) is 9.34. The molecule has 0 fully saturated rings. The second kappa shape index (κ2) is 6.08. The molecular weight excluding hydrogens is 198 g/mol. The van der Waals surface area contributed by atoms with Crippen LogP contribution in [0.2, 0.25) is 0 Å². The minimum absolute atomic E-state index is 0.981. The van der Waals surface area contributed by atoms with E-state index in [1.165, 1.54) is 5.56 Å². The molecule has 0 aliphatic rings. The Morgan fingerprint density at radius 3 is 2.75 bits per heavy atom. The minimum atomic E-state index is 0.981. The van der Waals surface area contributed by atoms with Gasteiger partial charge in [-0.15, -0.1) is 0 Å². The monoisotopic (exact) mass is 215 g/mol. The molecule has 0 unspecified atom stereocenters. The van der Waals surface area contributed by atoms with Gasteiger partial charge >= 0.3 is 0 Å². The molecule has 2 rings (SSSR count). The van der Waals surface area contributed by atoms with Crippen LogP contribution < -0.4 is 5.32 Å². The molecule has 0 amide bonds. The van der Waals surface area contributed by atoms with Gasteiger partial charge in [-0.2, -0.15) is 0 Å². The van der Waals surface area contributed by atoms with E-state index in [1.54, 1.807) is 0 Å². The van der Waals surface area contributed by atoms with Crippen LogP contribution >= 0.6 is 0 Å². The minimum Gasteiger partial charge on any atom is -0.336 e. The van der Waals surface area contributed by atoms with Crippen LogP contribution in [0.1, 0.15) is 5.56 Å². The molecule has 2 aromatic rings. The van der Waals surface area contributed by atoms with E-state index in [0.717, 1.165) is 26.1 Å².